The number of hydrogen-bond acceptors (Lipinski definition) is 3. The van der Waals surface area contributed by atoms with Crippen molar-refractivity contribution in [2.75, 3.05) is 14.2 Å². The minimum Gasteiger partial charge on any atom is -0.493 e. The number of hydrogen-bond donors (Lipinski definition) is 1. The summed E-state index contributed by atoms with van der Waals surface area (Å²) in [5.74, 6) is 1.37. The van der Waals surface area contributed by atoms with Gasteiger partial charge in [0.25, 0.3) is 0 Å². The van der Waals surface area contributed by atoms with Gasteiger partial charge in [0.15, 0.2) is 11.5 Å². The highest BCUT2D eigenvalue weighted by molar-refractivity contribution is 5.70. The molecule has 19 heavy (non-hydrogen) atoms. The van der Waals surface area contributed by atoms with Gasteiger partial charge in [-0.05, 0) is 42.7 Å². The highest BCUT2D eigenvalue weighted by atomic mass is 16.5. The van der Waals surface area contributed by atoms with Crippen molar-refractivity contribution in [2.24, 2.45) is 0 Å². The number of rotatable bonds is 5. The quantitative estimate of drug-likeness (QED) is 0.832. The van der Waals surface area contributed by atoms with E-state index in [0.29, 0.717) is 17.9 Å². The molecule has 0 radical (unpaired) electrons. The summed E-state index contributed by atoms with van der Waals surface area (Å²) >= 11 is 0. The second-order valence-electron chi connectivity index (χ2n) is 3.63. The molecule has 0 unspecified atom stereocenters. The molecule has 1 aromatic rings. The number of carbonyl (C=O) groups excluding carboxylic acids is 1. The van der Waals surface area contributed by atoms with Crippen LogP contribution in [0.4, 0.5) is 0 Å². The van der Waals surface area contributed by atoms with E-state index >= 15 is 0 Å². The molecule has 1 N–H and O–H groups in total. The van der Waals surface area contributed by atoms with E-state index < -0.39 is 0 Å². The van der Waals surface area contributed by atoms with Crippen LogP contribution in [0.15, 0.2) is 18.3 Å². The van der Waals surface area contributed by atoms with Gasteiger partial charge in [-0.2, -0.15) is 0 Å². The summed E-state index contributed by atoms with van der Waals surface area (Å²) in [6.45, 7) is 7.90. The minimum atomic E-state index is 0.638. The van der Waals surface area contributed by atoms with E-state index in [0.717, 1.165) is 16.7 Å². The molecule has 0 saturated heterocycles. The number of nitrogens with one attached hydrogen (secondary N) is 1. The third-order valence-corrected chi connectivity index (χ3v) is 2.52. The lowest BCUT2D eigenvalue weighted by Gasteiger charge is -2.13. The number of ether oxygens (including phenoxy) is 2. The van der Waals surface area contributed by atoms with Crippen LogP contribution in [0, 0.1) is 6.92 Å². The Hall–Kier alpha value is -1.97. The maximum absolute atomic E-state index is 10.2. The highest BCUT2D eigenvalue weighted by Crippen LogP contribution is 2.32. The van der Waals surface area contributed by atoms with Crippen LogP contribution in [-0.2, 0) is 4.79 Å². The molecule has 0 heterocycles. The Kier molecular flexibility index (Phi) is 8.09. The average molecular weight is 265 g/mol. The molecule has 1 rings (SSSR count). The number of amides is 1. The van der Waals surface area contributed by atoms with Crippen LogP contribution in [0.2, 0.25) is 0 Å². The molecule has 0 aliphatic heterocycles. The van der Waals surface area contributed by atoms with Crippen molar-refractivity contribution < 1.29 is 14.3 Å². The lowest BCUT2D eigenvalue weighted by atomic mass is 10.0. The Morgan fingerprint density at radius 2 is 1.68 bits per heavy atom. The summed E-state index contributed by atoms with van der Waals surface area (Å²) < 4.78 is 10.5. The smallest absolute Gasteiger partial charge is 0.211 e. The zero-order valence-corrected chi connectivity index (χ0v) is 12.5. The van der Waals surface area contributed by atoms with E-state index in [9.17, 15) is 4.79 Å². The van der Waals surface area contributed by atoms with Gasteiger partial charge >= 0.3 is 0 Å². The van der Waals surface area contributed by atoms with Gasteiger partial charge < -0.3 is 14.8 Å². The van der Waals surface area contributed by atoms with Crippen LogP contribution in [0.5, 0.6) is 11.5 Å². The number of benzene rings is 1. The second kappa shape index (κ2) is 9.03. The van der Waals surface area contributed by atoms with Crippen molar-refractivity contribution in [2.45, 2.75) is 27.7 Å². The van der Waals surface area contributed by atoms with E-state index in [1.807, 2.05) is 39.8 Å². The van der Waals surface area contributed by atoms with E-state index in [1.165, 1.54) is 0 Å². The molecule has 0 aromatic heterocycles. The fourth-order valence-electron chi connectivity index (χ4n) is 1.64. The summed E-state index contributed by atoms with van der Waals surface area (Å²) in [4.78, 5) is 10.2. The molecule has 4 nitrogen and oxygen atoms in total. The van der Waals surface area contributed by atoms with E-state index in [2.05, 4.69) is 5.32 Å². The van der Waals surface area contributed by atoms with Crippen molar-refractivity contribution in [1.82, 2.24) is 5.32 Å². The zero-order chi connectivity index (χ0) is 14.8. The molecule has 0 bridgehead atoms. The maximum Gasteiger partial charge on any atom is 0.211 e. The van der Waals surface area contributed by atoms with Crippen LogP contribution in [0.3, 0.4) is 0 Å². The number of allylic oxidation sites excluding steroid dienone is 1. The monoisotopic (exact) mass is 265 g/mol. The first-order valence-corrected chi connectivity index (χ1v) is 6.23. The van der Waals surface area contributed by atoms with Crippen LogP contribution in [-0.4, -0.2) is 20.6 Å². The standard InChI is InChI=1S/C13H17NO3.C2H6/c1-9-5-12(16-3)13(17-4)6-11(9)10(2)7-14-8-15;1-2/h5-8H,1-4H3,(H,14,15);1-2H3/b10-7-;. The summed E-state index contributed by atoms with van der Waals surface area (Å²) in [5.41, 5.74) is 3.02. The number of aryl methyl sites for hydroxylation is 1. The fourth-order valence-corrected chi connectivity index (χ4v) is 1.64. The Bertz CT molecular complexity index is 439. The first-order chi connectivity index (χ1) is 9.13. The molecule has 0 aliphatic carbocycles. The second-order valence-corrected chi connectivity index (χ2v) is 3.63. The van der Waals surface area contributed by atoms with Gasteiger partial charge in [0.2, 0.25) is 6.41 Å². The van der Waals surface area contributed by atoms with Crippen LogP contribution in [0.1, 0.15) is 31.9 Å². The predicted octanol–water partition coefficient (Wildman–Crippen LogP) is 3.15. The van der Waals surface area contributed by atoms with Gasteiger partial charge in [-0.15, -0.1) is 0 Å². The predicted molar refractivity (Wildman–Crippen MR) is 78.5 cm³/mol. The highest BCUT2D eigenvalue weighted by Gasteiger charge is 2.09. The van der Waals surface area contributed by atoms with Crippen molar-refractivity contribution >= 4 is 12.0 Å². The zero-order valence-electron chi connectivity index (χ0n) is 12.5. The molecular formula is C15H23NO3. The van der Waals surface area contributed by atoms with Crippen molar-refractivity contribution in [3.05, 3.63) is 29.5 Å². The Morgan fingerprint density at radius 3 is 2.16 bits per heavy atom. The molecule has 0 saturated carbocycles. The summed E-state index contributed by atoms with van der Waals surface area (Å²) in [6, 6.07) is 3.80. The van der Waals surface area contributed by atoms with Gasteiger partial charge in [-0.3, -0.25) is 4.79 Å². The molecule has 1 amide bonds. The largest absolute Gasteiger partial charge is 0.493 e. The van der Waals surface area contributed by atoms with Crippen molar-refractivity contribution in [3.63, 3.8) is 0 Å². The average Bonchev–Trinajstić information content (AvgIpc) is 2.46. The number of carbonyl (C=O) groups is 1. The van der Waals surface area contributed by atoms with Crippen LogP contribution in [0.25, 0.3) is 5.57 Å². The molecular weight excluding hydrogens is 242 g/mol. The summed E-state index contributed by atoms with van der Waals surface area (Å²) in [7, 11) is 3.20. The van der Waals surface area contributed by atoms with E-state index in [-0.39, 0.29) is 0 Å². The lowest BCUT2D eigenvalue weighted by Crippen LogP contribution is -2.01. The Labute approximate surface area is 115 Å². The molecule has 0 fully saturated rings. The third-order valence-electron chi connectivity index (χ3n) is 2.52. The summed E-state index contributed by atoms with van der Waals surface area (Å²) in [6.07, 6.45) is 2.29. The van der Waals surface area contributed by atoms with Crippen LogP contribution < -0.4 is 14.8 Å². The summed E-state index contributed by atoms with van der Waals surface area (Å²) in [5, 5.41) is 2.53. The SMILES string of the molecule is CC.COc1cc(C)c(/C(C)=C\NC=O)cc1OC. The van der Waals surface area contributed by atoms with Crippen molar-refractivity contribution in [3.8, 4) is 11.5 Å². The molecule has 106 valence electrons. The van der Waals surface area contributed by atoms with Gasteiger partial charge in [0, 0.05) is 6.20 Å². The normalized spacial score (nSPS) is 10.1. The van der Waals surface area contributed by atoms with Crippen molar-refractivity contribution in [1.29, 1.82) is 0 Å². The van der Waals surface area contributed by atoms with Gasteiger partial charge in [0.1, 0.15) is 0 Å². The molecule has 0 aliphatic rings. The maximum atomic E-state index is 10.2. The first kappa shape index (κ1) is 17.0. The van der Waals surface area contributed by atoms with Gasteiger partial charge in [0.05, 0.1) is 14.2 Å². The molecule has 0 spiro atoms. The minimum absolute atomic E-state index is 0.638. The van der Waals surface area contributed by atoms with E-state index in [4.69, 9.17) is 9.47 Å². The fraction of sp³-hybridized carbons (Fsp3) is 0.400. The van der Waals surface area contributed by atoms with E-state index in [1.54, 1.807) is 20.4 Å². The lowest BCUT2D eigenvalue weighted by molar-refractivity contribution is -0.108. The first-order valence-electron chi connectivity index (χ1n) is 6.23. The molecule has 4 heteroatoms. The molecule has 1 aromatic carbocycles. The van der Waals surface area contributed by atoms with Crippen LogP contribution >= 0.6 is 0 Å². The Balaban J connectivity index is 0.00000154. The Morgan fingerprint density at radius 1 is 1.16 bits per heavy atom. The topological polar surface area (TPSA) is 47.6 Å². The third kappa shape index (κ3) is 4.66. The van der Waals surface area contributed by atoms with Gasteiger partial charge in [-0.25, -0.2) is 0 Å². The molecule has 0 atom stereocenters. The van der Waals surface area contributed by atoms with Gasteiger partial charge in [-0.1, -0.05) is 13.8 Å². The number of methoxy groups -OCH3 is 2.